The summed E-state index contributed by atoms with van der Waals surface area (Å²) in [5.74, 6) is 7.13. The number of benzene rings is 1. The molecule has 6 heteroatoms. The maximum absolute atomic E-state index is 5.66. The van der Waals surface area contributed by atoms with E-state index in [9.17, 15) is 0 Å². The van der Waals surface area contributed by atoms with Gasteiger partial charge in [-0.25, -0.2) is 5.43 Å². The zero-order valence-corrected chi connectivity index (χ0v) is 11.9. The number of fused-ring (bicyclic) bond motifs is 1. The summed E-state index contributed by atoms with van der Waals surface area (Å²) in [6.07, 6.45) is -0.447. The largest absolute Gasteiger partial charge is 0.486 e. The Hall–Kier alpha value is -1.34. The van der Waals surface area contributed by atoms with E-state index >= 15 is 0 Å². The van der Waals surface area contributed by atoms with Gasteiger partial charge in [-0.1, -0.05) is 6.07 Å². The van der Waals surface area contributed by atoms with Gasteiger partial charge in [-0.3, -0.25) is 5.84 Å². The summed E-state index contributed by atoms with van der Waals surface area (Å²) < 4.78 is 22.3. The molecular formula is C14H22N2O4. The highest BCUT2D eigenvalue weighted by Gasteiger charge is 2.25. The highest BCUT2D eigenvalue weighted by Crippen LogP contribution is 2.33. The van der Waals surface area contributed by atoms with Gasteiger partial charge in [0.1, 0.15) is 13.2 Å². The van der Waals surface area contributed by atoms with Crippen LogP contribution < -0.4 is 20.7 Å². The first kappa shape index (κ1) is 15.1. The standard InChI is InChI=1S/C14H22N2O4/c1-3-17-14(18-4-2)13(16-15)10-5-6-11-12(9-10)20-8-7-19-11/h5-6,9,13-14,16H,3-4,7-8,15H2,1-2H3. The molecule has 20 heavy (non-hydrogen) atoms. The first-order valence-electron chi connectivity index (χ1n) is 6.89. The average Bonchev–Trinajstić information content (AvgIpc) is 2.48. The van der Waals surface area contributed by atoms with Crippen LogP contribution in [0.1, 0.15) is 25.5 Å². The highest BCUT2D eigenvalue weighted by molar-refractivity contribution is 5.44. The van der Waals surface area contributed by atoms with Crippen molar-refractivity contribution in [1.82, 2.24) is 5.43 Å². The molecule has 0 bridgehead atoms. The first-order valence-corrected chi connectivity index (χ1v) is 6.89. The summed E-state index contributed by atoms with van der Waals surface area (Å²) in [6.45, 7) is 6.07. The van der Waals surface area contributed by atoms with Gasteiger partial charge in [0.05, 0.1) is 6.04 Å². The van der Waals surface area contributed by atoms with Crippen LogP contribution in [0.25, 0.3) is 0 Å². The van der Waals surface area contributed by atoms with Crippen molar-refractivity contribution in [2.75, 3.05) is 26.4 Å². The molecular weight excluding hydrogens is 260 g/mol. The molecule has 1 atom stereocenters. The maximum Gasteiger partial charge on any atom is 0.178 e. The van der Waals surface area contributed by atoms with E-state index in [0.29, 0.717) is 26.4 Å². The second kappa shape index (κ2) is 7.44. The Labute approximate surface area is 119 Å². The van der Waals surface area contributed by atoms with Gasteiger partial charge in [-0.2, -0.15) is 0 Å². The van der Waals surface area contributed by atoms with Gasteiger partial charge in [-0.05, 0) is 31.5 Å². The van der Waals surface area contributed by atoms with Gasteiger partial charge in [-0.15, -0.1) is 0 Å². The quantitative estimate of drug-likeness (QED) is 0.447. The Morgan fingerprint density at radius 3 is 2.40 bits per heavy atom. The van der Waals surface area contributed by atoms with E-state index in [4.69, 9.17) is 24.8 Å². The lowest BCUT2D eigenvalue weighted by Crippen LogP contribution is -2.39. The number of nitrogens with two attached hydrogens (primary N) is 1. The zero-order valence-electron chi connectivity index (χ0n) is 11.9. The minimum atomic E-state index is -0.447. The van der Waals surface area contributed by atoms with Crippen LogP contribution in [0.5, 0.6) is 11.5 Å². The van der Waals surface area contributed by atoms with Crippen molar-refractivity contribution in [3.05, 3.63) is 23.8 Å². The molecule has 1 aromatic carbocycles. The number of hydrogen-bond acceptors (Lipinski definition) is 6. The van der Waals surface area contributed by atoms with Crippen LogP contribution >= 0.6 is 0 Å². The van der Waals surface area contributed by atoms with Crippen molar-refractivity contribution in [3.8, 4) is 11.5 Å². The third-order valence-corrected chi connectivity index (χ3v) is 3.04. The molecule has 0 aliphatic carbocycles. The fourth-order valence-electron chi connectivity index (χ4n) is 2.15. The molecule has 0 amide bonds. The lowest BCUT2D eigenvalue weighted by molar-refractivity contribution is -0.155. The minimum absolute atomic E-state index is 0.272. The van der Waals surface area contributed by atoms with Crippen LogP contribution in [0.4, 0.5) is 0 Å². The number of ether oxygens (including phenoxy) is 4. The highest BCUT2D eigenvalue weighted by atomic mass is 16.7. The topological polar surface area (TPSA) is 75.0 Å². The molecule has 1 aliphatic rings. The van der Waals surface area contributed by atoms with Crippen molar-refractivity contribution in [3.63, 3.8) is 0 Å². The molecule has 6 nitrogen and oxygen atoms in total. The fourth-order valence-corrected chi connectivity index (χ4v) is 2.15. The molecule has 0 fully saturated rings. The van der Waals surface area contributed by atoms with Crippen LogP contribution in [0.15, 0.2) is 18.2 Å². The van der Waals surface area contributed by atoms with Gasteiger partial charge in [0.2, 0.25) is 0 Å². The lowest BCUT2D eigenvalue weighted by Gasteiger charge is -2.27. The van der Waals surface area contributed by atoms with Gasteiger partial charge < -0.3 is 18.9 Å². The van der Waals surface area contributed by atoms with Gasteiger partial charge in [0, 0.05) is 13.2 Å². The summed E-state index contributed by atoms with van der Waals surface area (Å²) in [5.41, 5.74) is 3.68. The predicted octanol–water partition coefficient (Wildman–Crippen LogP) is 1.36. The van der Waals surface area contributed by atoms with Gasteiger partial charge >= 0.3 is 0 Å². The number of rotatable bonds is 7. The Morgan fingerprint density at radius 1 is 1.15 bits per heavy atom. The molecule has 2 rings (SSSR count). The molecule has 112 valence electrons. The van der Waals surface area contributed by atoms with Crippen LogP contribution in [0.3, 0.4) is 0 Å². The summed E-state index contributed by atoms with van der Waals surface area (Å²) in [6, 6.07) is 5.45. The third-order valence-electron chi connectivity index (χ3n) is 3.04. The van der Waals surface area contributed by atoms with E-state index < -0.39 is 6.29 Å². The van der Waals surface area contributed by atoms with E-state index in [1.165, 1.54) is 0 Å². The molecule has 0 spiro atoms. The summed E-state index contributed by atoms with van der Waals surface area (Å²) in [4.78, 5) is 0. The predicted molar refractivity (Wildman–Crippen MR) is 74.5 cm³/mol. The molecule has 0 aromatic heterocycles. The zero-order chi connectivity index (χ0) is 14.4. The molecule has 1 aromatic rings. The summed E-state index contributed by atoms with van der Waals surface area (Å²) in [7, 11) is 0. The normalized spacial score (nSPS) is 15.4. The second-order valence-electron chi connectivity index (χ2n) is 4.33. The third kappa shape index (κ3) is 3.40. The van der Waals surface area contributed by atoms with E-state index in [1.807, 2.05) is 32.0 Å². The van der Waals surface area contributed by atoms with Crippen molar-refractivity contribution in [2.24, 2.45) is 5.84 Å². The Balaban J connectivity index is 2.21. The van der Waals surface area contributed by atoms with E-state index in [0.717, 1.165) is 17.1 Å². The molecule has 0 saturated heterocycles. The fraction of sp³-hybridized carbons (Fsp3) is 0.571. The van der Waals surface area contributed by atoms with Crippen LogP contribution in [0, 0.1) is 0 Å². The second-order valence-corrected chi connectivity index (χ2v) is 4.33. The SMILES string of the molecule is CCOC(OCC)C(NN)c1ccc2c(c1)OCCO2. The number of hydrazine groups is 1. The molecule has 1 aliphatic heterocycles. The van der Waals surface area contributed by atoms with Gasteiger partial charge in [0.25, 0.3) is 0 Å². The molecule has 0 saturated carbocycles. The van der Waals surface area contributed by atoms with Crippen molar-refractivity contribution < 1.29 is 18.9 Å². The Morgan fingerprint density at radius 2 is 1.80 bits per heavy atom. The van der Waals surface area contributed by atoms with Crippen molar-refractivity contribution in [1.29, 1.82) is 0 Å². The van der Waals surface area contributed by atoms with E-state index in [-0.39, 0.29) is 6.04 Å². The average molecular weight is 282 g/mol. The lowest BCUT2D eigenvalue weighted by atomic mass is 10.1. The Bertz CT molecular complexity index is 422. The van der Waals surface area contributed by atoms with Crippen molar-refractivity contribution in [2.45, 2.75) is 26.2 Å². The number of nitrogens with one attached hydrogen (secondary N) is 1. The van der Waals surface area contributed by atoms with Crippen LogP contribution in [0.2, 0.25) is 0 Å². The minimum Gasteiger partial charge on any atom is -0.486 e. The van der Waals surface area contributed by atoms with Gasteiger partial charge in [0.15, 0.2) is 17.8 Å². The Kier molecular flexibility index (Phi) is 5.60. The molecule has 1 unspecified atom stereocenters. The monoisotopic (exact) mass is 282 g/mol. The van der Waals surface area contributed by atoms with Crippen LogP contribution in [-0.2, 0) is 9.47 Å². The summed E-state index contributed by atoms with van der Waals surface area (Å²) in [5, 5.41) is 0. The van der Waals surface area contributed by atoms with Crippen LogP contribution in [-0.4, -0.2) is 32.7 Å². The van der Waals surface area contributed by atoms with E-state index in [1.54, 1.807) is 0 Å². The summed E-state index contributed by atoms with van der Waals surface area (Å²) >= 11 is 0. The number of hydrogen-bond donors (Lipinski definition) is 2. The van der Waals surface area contributed by atoms with E-state index in [2.05, 4.69) is 5.43 Å². The molecule has 3 N–H and O–H groups in total. The van der Waals surface area contributed by atoms with Crippen molar-refractivity contribution >= 4 is 0 Å². The molecule has 1 heterocycles. The molecule has 0 radical (unpaired) electrons. The first-order chi connectivity index (χ1) is 9.80. The maximum atomic E-state index is 5.66. The smallest absolute Gasteiger partial charge is 0.178 e.